The zero-order valence-electron chi connectivity index (χ0n) is 11.3. The van der Waals surface area contributed by atoms with E-state index < -0.39 is 5.97 Å². The summed E-state index contributed by atoms with van der Waals surface area (Å²) in [5, 5.41) is 12.4. The molecule has 0 aliphatic rings. The predicted molar refractivity (Wildman–Crippen MR) is 78.4 cm³/mol. The molecule has 0 aliphatic heterocycles. The second-order valence-electron chi connectivity index (χ2n) is 4.74. The Kier molecular flexibility index (Phi) is 4.29. The van der Waals surface area contributed by atoms with Crippen molar-refractivity contribution in [1.82, 2.24) is 9.55 Å². The number of benzene rings is 1. The molecule has 106 valence electrons. The van der Waals surface area contributed by atoms with Gasteiger partial charge in [0.25, 0.3) is 0 Å². The molecule has 0 atom stereocenters. The van der Waals surface area contributed by atoms with Gasteiger partial charge >= 0.3 is 5.97 Å². The van der Waals surface area contributed by atoms with Gasteiger partial charge in [-0.3, -0.25) is 0 Å². The summed E-state index contributed by atoms with van der Waals surface area (Å²) in [5.74, 6) is -1.04. The Morgan fingerprint density at radius 1 is 1.50 bits per heavy atom. The maximum atomic E-state index is 11.0. The number of nitrogens with one attached hydrogen (secondary N) is 1. The third-order valence-electron chi connectivity index (χ3n) is 2.97. The zero-order valence-corrected chi connectivity index (χ0v) is 12.1. The molecule has 2 N–H and O–H groups in total. The van der Waals surface area contributed by atoms with Gasteiger partial charge in [0.15, 0.2) is 0 Å². The first kappa shape index (κ1) is 14.4. The number of carbonyl (C=O) groups is 1. The highest BCUT2D eigenvalue weighted by molar-refractivity contribution is 6.33. The van der Waals surface area contributed by atoms with Gasteiger partial charge in [-0.05, 0) is 32.0 Å². The molecule has 20 heavy (non-hydrogen) atoms. The lowest BCUT2D eigenvalue weighted by molar-refractivity contribution is 0.0697. The van der Waals surface area contributed by atoms with Crippen LogP contribution in [-0.4, -0.2) is 20.6 Å². The van der Waals surface area contributed by atoms with Gasteiger partial charge in [0.1, 0.15) is 0 Å². The van der Waals surface area contributed by atoms with Gasteiger partial charge in [-0.25, -0.2) is 9.78 Å². The van der Waals surface area contributed by atoms with Gasteiger partial charge in [0.05, 0.1) is 29.2 Å². The van der Waals surface area contributed by atoms with Gasteiger partial charge in [-0.15, -0.1) is 0 Å². The fourth-order valence-electron chi connectivity index (χ4n) is 1.93. The molecule has 1 aromatic heterocycles. The summed E-state index contributed by atoms with van der Waals surface area (Å²) in [5.41, 5.74) is 1.84. The van der Waals surface area contributed by atoms with Crippen molar-refractivity contribution >= 4 is 23.3 Å². The van der Waals surface area contributed by atoms with Crippen LogP contribution in [0.5, 0.6) is 0 Å². The molecule has 0 spiro atoms. The van der Waals surface area contributed by atoms with E-state index in [9.17, 15) is 4.79 Å². The van der Waals surface area contributed by atoms with Gasteiger partial charge in [0, 0.05) is 17.9 Å². The molecule has 6 heteroatoms. The Hall–Kier alpha value is -2.01. The van der Waals surface area contributed by atoms with Crippen LogP contribution < -0.4 is 5.32 Å². The van der Waals surface area contributed by atoms with Crippen LogP contribution in [0.15, 0.2) is 30.7 Å². The van der Waals surface area contributed by atoms with E-state index in [0.717, 1.165) is 5.69 Å². The smallest absolute Gasteiger partial charge is 0.337 e. The molecule has 0 saturated carbocycles. The van der Waals surface area contributed by atoms with E-state index in [1.165, 1.54) is 6.07 Å². The average molecular weight is 294 g/mol. The number of carboxylic acids is 1. The third-order valence-corrected chi connectivity index (χ3v) is 3.30. The summed E-state index contributed by atoms with van der Waals surface area (Å²) in [4.78, 5) is 15.1. The molecular weight excluding hydrogens is 278 g/mol. The predicted octanol–water partition coefficient (Wildman–Crippen LogP) is 3.43. The first-order valence-electron chi connectivity index (χ1n) is 6.26. The summed E-state index contributed by atoms with van der Waals surface area (Å²) in [6, 6.07) is 5.19. The van der Waals surface area contributed by atoms with E-state index in [2.05, 4.69) is 28.7 Å². The lowest BCUT2D eigenvalue weighted by Gasteiger charge is -2.13. The highest BCUT2D eigenvalue weighted by atomic mass is 35.5. The fraction of sp³-hybridized carbons (Fsp3) is 0.286. The highest BCUT2D eigenvalue weighted by Gasteiger charge is 2.10. The number of halogens is 1. The minimum absolute atomic E-state index is 0.0917. The molecule has 2 aromatic rings. The molecule has 0 fully saturated rings. The molecule has 0 radical (unpaired) electrons. The molecule has 5 nitrogen and oxygen atoms in total. The minimum Gasteiger partial charge on any atom is -0.478 e. The minimum atomic E-state index is -1.04. The molecule has 0 bridgehead atoms. The van der Waals surface area contributed by atoms with Crippen LogP contribution in [-0.2, 0) is 6.54 Å². The van der Waals surface area contributed by atoms with Crippen LogP contribution in [0, 0.1) is 0 Å². The average Bonchev–Trinajstić information content (AvgIpc) is 2.86. The van der Waals surface area contributed by atoms with Crippen LogP contribution >= 0.6 is 11.6 Å². The quantitative estimate of drug-likeness (QED) is 0.886. The Morgan fingerprint density at radius 3 is 2.90 bits per heavy atom. The lowest BCUT2D eigenvalue weighted by atomic mass is 10.2. The molecule has 0 aliphatic carbocycles. The van der Waals surface area contributed by atoms with E-state index in [-0.39, 0.29) is 10.6 Å². The molecule has 0 amide bonds. The van der Waals surface area contributed by atoms with Crippen LogP contribution in [0.2, 0.25) is 5.02 Å². The van der Waals surface area contributed by atoms with E-state index >= 15 is 0 Å². The summed E-state index contributed by atoms with van der Waals surface area (Å²) < 4.78 is 2.06. The van der Waals surface area contributed by atoms with Gasteiger partial charge in [-0.2, -0.15) is 0 Å². The maximum absolute atomic E-state index is 11.0. The Bertz CT molecular complexity index is 623. The normalized spacial score (nSPS) is 10.8. The van der Waals surface area contributed by atoms with E-state index in [0.29, 0.717) is 18.3 Å². The van der Waals surface area contributed by atoms with Crippen molar-refractivity contribution in [3.05, 3.63) is 47.0 Å². The summed E-state index contributed by atoms with van der Waals surface area (Å²) in [6.07, 6.45) is 3.58. The van der Waals surface area contributed by atoms with E-state index in [1.807, 2.05) is 0 Å². The van der Waals surface area contributed by atoms with Gasteiger partial charge < -0.3 is 15.0 Å². The number of hydrogen-bond acceptors (Lipinski definition) is 3. The lowest BCUT2D eigenvalue weighted by Crippen LogP contribution is -2.09. The molecule has 1 aromatic carbocycles. The molecular formula is C14H16ClN3O2. The monoisotopic (exact) mass is 293 g/mol. The topological polar surface area (TPSA) is 67.2 Å². The van der Waals surface area contributed by atoms with Gasteiger partial charge in [0.2, 0.25) is 0 Å². The zero-order chi connectivity index (χ0) is 14.7. The molecule has 0 saturated heterocycles. The number of nitrogens with zero attached hydrogens (tertiary/aromatic N) is 2. The van der Waals surface area contributed by atoms with Crippen molar-refractivity contribution in [3.63, 3.8) is 0 Å². The first-order valence-corrected chi connectivity index (χ1v) is 6.64. The van der Waals surface area contributed by atoms with Crippen molar-refractivity contribution in [3.8, 4) is 0 Å². The Morgan fingerprint density at radius 2 is 2.25 bits per heavy atom. The Balaban J connectivity index is 2.13. The molecule has 2 rings (SSSR count). The SMILES string of the molecule is CC(C)n1cncc1CNc1ccc(Cl)c(C(=O)O)c1. The van der Waals surface area contributed by atoms with Crippen molar-refractivity contribution < 1.29 is 9.90 Å². The Labute approximate surface area is 122 Å². The second-order valence-corrected chi connectivity index (χ2v) is 5.15. The van der Waals surface area contributed by atoms with Crippen molar-refractivity contribution in [2.75, 3.05) is 5.32 Å². The number of aromatic nitrogens is 2. The maximum Gasteiger partial charge on any atom is 0.337 e. The summed E-state index contributed by atoms with van der Waals surface area (Å²) in [7, 11) is 0. The van der Waals surface area contributed by atoms with Crippen LogP contribution in [0.25, 0.3) is 0 Å². The summed E-state index contributed by atoms with van der Waals surface area (Å²) >= 11 is 5.83. The fourth-order valence-corrected chi connectivity index (χ4v) is 2.12. The number of anilines is 1. The molecule has 0 unspecified atom stereocenters. The van der Waals surface area contributed by atoms with Crippen LogP contribution in [0.1, 0.15) is 35.9 Å². The number of carboxylic acid groups (broad SMARTS) is 1. The van der Waals surface area contributed by atoms with Crippen molar-refractivity contribution in [2.45, 2.75) is 26.4 Å². The second kappa shape index (κ2) is 5.96. The van der Waals surface area contributed by atoms with E-state index in [4.69, 9.17) is 16.7 Å². The number of rotatable bonds is 5. The summed E-state index contributed by atoms with van der Waals surface area (Å²) in [6.45, 7) is 4.73. The van der Waals surface area contributed by atoms with Crippen molar-refractivity contribution in [2.24, 2.45) is 0 Å². The molecule has 1 heterocycles. The van der Waals surface area contributed by atoms with Crippen LogP contribution in [0.4, 0.5) is 5.69 Å². The number of hydrogen-bond donors (Lipinski definition) is 2. The number of aromatic carboxylic acids is 1. The standard InChI is InChI=1S/C14H16ClN3O2/c1-9(2)18-8-16-6-11(18)7-17-10-3-4-13(15)12(5-10)14(19)20/h3-6,8-9,17H,7H2,1-2H3,(H,19,20). The first-order chi connectivity index (χ1) is 9.49. The van der Waals surface area contributed by atoms with Crippen molar-refractivity contribution in [1.29, 1.82) is 0 Å². The highest BCUT2D eigenvalue weighted by Crippen LogP contribution is 2.21. The number of imidazole rings is 1. The van der Waals surface area contributed by atoms with Gasteiger partial charge in [-0.1, -0.05) is 11.6 Å². The third kappa shape index (κ3) is 3.11. The largest absolute Gasteiger partial charge is 0.478 e. The van der Waals surface area contributed by atoms with E-state index in [1.54, 1.807) is 24.7 Å². The van der Waals surface area contributed by atoms with Crippen LogP contribution in [0.3, 0.4) is 0 Å².